The van der Waals surface area contributed by atoms with Crippen LogP contribution in [0.5, 0.6) is 0 Å². The van der Waals surface area contributed by atoms with Gasteiger partial charge in [-0.15, -0.1) is 0 Å². The summed E-state index contributed by atoms with van der Waals surface area (Å²) in [4.78, 5) is 44.9. The predicted octanol–water partition coefficient (Wildman–Crippen LogP) is -1.31. The summed E-state index contributed by atoms with van der Waals surface area (Å²) in [6, 6.07) is 0. The zero-order valence-corrected chi connectivity index (χ0v) is 7.02. The van der Waals surface area contributed by atoms with Crippen LogP contribution in [0.2, 0.25) is 0 Å². The molecule has 2 aliphatic heterocycles. The fourth-order valence-electron chi connectivity index (χ4n) is 1.37. The van der Waals surface area contributed by atoms with Crippen molar-refractivity contribution in [2.24, 2.45) is 0 Å². The third-order valence-corrected chi connectivity index (χ3v) is 1.98. The van der Waals surface area contributed by atoms with Crippen LogP contribution in [0, 0.1) is 0 Å². The average Bonchev–Trinajstić information content (AvgIpc) is 2.57. The van der Waals surface area contributed by atoms with Crippen LogP contribution in [0.25, 0.3) is 0 Å². The summed E-state index contributed by atoms with van der Waals surface area (Å²) in [5.74, 6) is -2.46. The molecule has 6 heteroatoms. The van der Waals surface area contributed by atoms with Gasteiger partial charge in [0.25, 0.3) is 11.8 Å². The molecular formula is C8H5N2O4. The lowest BCUT2D eigenvalue weighted by molar-refractivity contribution is -0.139. The van der Waals surface area contributed by atoms with Crippen molar-refractivity contribution in [3.8, 4) is 0 Å². The number of rotatable bonds is 1. The first kappa shape index (κ1) is 8.61. The summed E-state index contributed by atoms with van der Waals surface area (Å²) < 4.78 is 0. The van der Waals surface area contributed by atoms with Crippen molar-refractivity contribution < 1.29 is 19.2 Å². The zero-order valence-electron chi connectivity index (χ0n) is 7.02. The molecule has 4 amide bonds. The molecule has 0 aromatic rings. The van der Waals surface area contributed by atoms with E-state index in [1.54, 1.807) is 0 Å². The molecule has 0 aromatic heterocycles. The van der Waals surface area contributed by atoms with E-state index in [9.17, 15) is 19.2 Å². The van der Waals surface area contributed by atoms with Crippen LogP contribution in [-0.4, -0.2) is 28.5 Å². The van der Waals surface area contributed by atoms with Crippen LogP contribution in [-0.2, 0) is 19.2 Å². The van der Waals surface area contributed by atoms with Crippen molar-refractivity contribution in [3.05, 3.63) is 11.8 Å². The highest BCUT2D eigenvalue weighted by molar-refractivity contribution is 6.20. The maximum Gasteiger partial charge on any atom is 0.297 e. The number of carbonyl (C=O) groups is 4. The number of nitrogens with zero attached hydrogens (tertiary/aromatic N) is 2. The summed E-state index contributed by atoms with van der Waals surface area (Å²) >= 11 is 0. The van der Waals surface area contributed by atoms with Gasteiger partial charge in [0.2, 0.25) is 11.8 Å². The maximum absolute atomic E-state index is 11.2. The third kappa shape index (κ3) is 1.12. The van der Waals surface area contributed by atoms with Crippen LogP contribution in [0.1, 0.15) is 12.8 Å². The first-order valence-electron chi connectivity index (χ1n) is 3.97. The second-order valence-electron chi connectivity index (χ2n) is 2.91. The SMILES string of the molecule is O=C1C=C(N2C(=O)CCC2=O)C(=O)[N]1. The van der Waals surface area contributed by atoms with Crippen LogP contribution < -0.4 is 5.32 Å². The molecule has 0 saturated carbocycles. The van der Waals surface area contributed by atoms with Gasteiger partial charge in [0.05, 0.1) is 0 Å². The van der Waals surface area contributed by atoms with Gasteiger partial charge in [0.15, 0.2) is 0 Å². The molecule has 2 rings (SSSR count). The van der Waals surface area contributed by atoms with E-state index in [2.05, 4.69) is 5.32 Å². The molecule has 0 N–H and O–H groups in total. The first-order chi connectivity index (χ1) is 6.59. The Balaban J connectivity index is 2.35. The van der Waals surface area contributed by atoms with Gasteiger partial charge in [0, 0.05) is 18.9 Å². The standard InChI is InChI=1S/C8H5N2O4/c11-5-3-4(8(14)9-5)10-6(12)1-2-7(10)13/h3H,1-2H2. The largest absolute Gasteiger partial charge is 0.297 e. The van der Waals surface area contributed by atoms with Crippen molar-refractivity contribution >= 4 is 23.6 Å². The van der Waals surface area contributed by atoms with E-state index in [1.165, 1.54) is 0 Å². The molecule has 0 aliphatic carbocycles. The normalized spacial score (nSPS) is 21.7. The van der Waals surface area contributed by atoms with Gasteiger partial charge in [-0.1, -0.05) is 0 Å². The summed E-state index contributed by atoms with van der Waals surface area (Å²) in [7, 11) is 0. The second kappa shape index (κ2) is 2.76. The molecule has 2 heterocycles. The summed E-state index contributed by atoms with van der Waals surface area (Å²) in [6.07, 6.45) is 1.07. The minimum absolute atomic E-state index is 0.0810. The smallest absolute Gasteiger partial charge is 0.274 e. The van der Waals surface area contributed by atoms with Gasteiger partial charge >= 0.3 is 0 Å². The van der Waals surface area contributed by atoms with E-state index >= 15 is 0 Å². The minimum Gasteiger partial charge on any atom is -0.274 e. The molecule has 0 bridgehead atoms. The van der Waals surface area contributed by atoms with Crippen molar-refractivity contribution in [2.45, 2.75) is 12.8 Å². The van der Waals surface area contributed by atoms with E-state index in [-0.39, 0.29) is 18.5 Å². The molecule has 0 spiro atoms. The molecule has 1 radical (unpaired) electrons. The molecule has 2 aliphatic rings. The Morgan fingerprint density at radius 1 is 1.07 bits per heavy atom. The summed E-state index contributed by atoms with van der Waals surface area (Å²) in [5.41, 5.74) is -0.220. The van der Waals surface area contributed by atoms with Crippen LogP contribution in [0.3, 0.4) is 0 Å². The summed E-state index contributed by atoms with van der Waals surface area (Å²) in [6.45, 7) is 0. The maximum atomic E-state index is 11.2. The van der Waals surface area contributed by atoms with Crippen LogP contribution in [0.15, 0.2) is 11.8 Å². The van der Waals surface area contributed by atoms with Gasteiger partial charge in [-0.2, -0.15) is 5.32 Å². The lowest BCUT2D eigenvalue weighted by Gasteiger charge is -2.11. The van der Waals surface area contributed by atoms with E-state index in [0.717, 1.165) is 11.0 Å². The van der Waals surface area contributed by atoms with E-state index in [0.29, 0.717) is 0 Å². The Labute approximate surface area is 78.5 Å². The first-order valence-corrected chi connectivity index (χ1v) is 3.97. The average molecular weight is 193 g/mol. The molecular weight excluding hydrogens is 188 g/mol. The van der Waals surface area contributed by atoms with Crippen molar-refractivity contribution in [1.82, 2.24) is 10.2 Å². The molecule has 0 atom stereocenters. The highest BCUT2D eigenvalue weighted by Gasteiger charge is 2.38. The number of likely N-dealkylation sites (tertiary alicyclic amines) is 1. The minimum atomic E-state index is -0.821. The number of carbonyl (C=O) groups excluding carboxylic acids is 4. The molecule has 1 saturated heterocycles. The van der Waals surface area contributed by atoms with E-state index in [1.807, 2.05) is 0 Å². The van der Waals surface area contributed by atoms with Crippen LogP contribution in [0.4, 0.5) is 0 Å². The van der Waals surface area contributed by atoms with Gasteiger partial charge in [-0.3, -0.25) is 19.2 Å². The lowest BCUT2D eigenvalue weighted by atomic mass is 10.4. The molecule has 0 aromatic carbocycles. The van der Waals surface area contributed by atoms with E-state index in [4.69, 9.17) is 0 Å². The van der Waals surface area contributed by atoms with Gasteiger partial charge in [-0.25, -0.2) is 4.90 Å². The van der Waals surface area contributed by atoms with Crippen molar-refractivity contribution in [2.75, 3.05) is 0 Å². The van der Waals surface area contributed by atoms with Gasteiger partial charge < -0.3 is 0 Å². The Morgan fingerprint density at radius 2 is 1.64 bits per heavy atom. The Kier molecular flexibility index (Phi) is 1.70. The summed E-state index contributed by atoms with van der Waals surface area (Å²) in [5, 5.41) is 3.07. The third-order valence-electron chi connectivity index (χ3n) is 1.98. The molecule has 14 heavy (non-hydrogen) atoms. The van der Waals surface area contributed by atoms with Gasteiger partial charge in [-0.05, 0) is 0 Å². The number of hydrogen-bond acceptors (Lipinski definition) is 4. The molecule has 0 unspecified atom stereocenters. The Bertz CT molecular complexity index is 380. The monoisotopic (exact) mass is 193 g/mol. The predicted molar refractivity (Wildman–Crippen MR) is 41.3 cm³/mol. The second-order valence-corrected chi connectivity index (χ2v) is 2.91. The van der Waals surface area contributed by atoms with Gasteiger partial charge in [0.1, 0.15) is 5.70 Å². The quantitative estimate of drug-likeness (QED) is 0.484. The fraction of sp³-hybridized carbons (Fsp3) is 0.250. The number of hydrogen-bond donors (Lipinski definition) is 0. The topological polar surface area (TPSA) is 85.6 Å². The molecule has 6 nitrogen and oxygen atoms in total. The van der Waals surface area contributed by atoms with E-state index < -0.39 is 23.6 Å². The zero-order chi connectivity index (χ0) is 10.3. The Morgan fingerprint density at radius 3 is 2.07 bits per heavy atom. The Hall–Kier alpha value is -1.98. The highest BCUT2D eigenvalue weighted by atomic mass is 16.2. The van der Waals surface area contributed by atoms with Crippen molar-refractivity contribution in [3.63, 3.8) is 0 Å². The number of imide groups is 2. The molecule has 1 fully saturated rings. The fourth-order valence-corrected chi connectivity index (χ4v) is 1.37. The highest BCUT2D eigenvalue weighted by Crippen LogP contribution is 2.20. The lowest BCUT2D eigenvalue weighted by Crippen LogP contribution is -2.32. The number of amides is 4. The van der Waals surface area contributed by atoms with Crippen LogP contribution >= 0.6 is 0 Å². The molecule has 71 valence electrons. The van der Waals surface area contributed by atoms with Crippen molar-refractivity contribution in [1.29, 1.82) is 0 Å².